The normalized spacial score (nSPS) is 16.1. The van der Waals surface area contributed by atoms with Crippen LogP contribution in [0.2, 0.25) is 0 Å². The topological polar surface area (TPSA) is 77.4 Å². The second-order valence-electron chi connectivity index (χ2n) is 8.51. The molecule has 1 amide bonds. The van der Waals surface area contributed by atoms with Gasteiger partial charge in [-0.2, -0.15) is 0 Å². The number of ether oxygens (including phenoxy) is 1. The number of carbonyl (C=O) groups is 2. The Kier molecular flexibility index (Phi) is 7.29. The number of esters is 1. The lowest BCUT2D eigenvalue weighted by atomic mass is 9.96. The molecule has 1 aromatic carbocycles. The van der Waals surface area contributed by atoms with Gasteiger partial charge in [0.2, 0.25) is 5.91 Å². The number of benzene rings is 1. The number of amides is 1. The number of nitrogens with one attached hydrogen (secondary N) is 1. The molecular formula is C24H32N2O4. The van der Waals surface area contributed by atoms with Crippen LogP contribution in [-0.4, -0.2) is 23.1 Å². The summed E-state index contributed by atoms with van der Waals surface area (Å²) in [5.74, 6) is 0.0945. The van der Waals surface area contributed by atoms with Gasteiger partial charge < -0.3 is 14.6 Å². The average molecular weight is 413 g/mol. The molecule has 2 aromatic rings. The third-order valence-corrected chi connectivity index (χ3v) is 6.04. The average Bonchev–Trinajstić information content (AvgIpc) is 2.97. The third kappa shape index (κ3) is 5.29. The maximum Gasteiger partial charge on any atom is 0.302 e. The van der Waals surface area contributed by atoms with Gasteiger partial charge in [-0.05, 0) is 50.3 Å². The van der Waals surface area contributed by atoms with Gasteiger partial charge in [-0.3, -0.25) is 14.4 Å². The monoisotopic (exact) mass is 412 g/mol. The second-order valence-corrected chi connectivity index (χ2v) is 8.51. The van der Waals surface area contributed by atoms with Crippen molar-refractivity contribution in [2.75, 3.05) is 11.9 Å². The summed E-state index contributed by atoms with van der Waals surface area (Å²) in [5, 5.41) is 4.37. The molecule has 1 heterocycles. The Balaban J connectivity index is 1.83. The van der Waals surface area contributed by atoms with E-state index in [2.05, 4.69) is 5.32 Å². The van der Waals surface area contributed by atoms with Crippen LogP contribution in [0.3, 0.4) is 0 Å². The second kappa shape index (κ2) is 9.92. The fraction of sp³-hybridized carbons (Fsp3) is 0.542. The van der Waals surface area contributed by atoms with Crippen molar-refractivity contribution < 1.29 is 14.3 Å². The zero-order valence-corrected chi connectivity index (χ0v) is 18.2. The van der Waals surface area contributed by atoms with Crippen LogP contribution in [0, 0.1) is 12.8 Å². The summed E-state index contributed by atoms with van der Waals surface area (Å²) in [7, 11) is 0. The molecule has 1 N–H and O–H groups in total. The number of anilines is 1. The first-order chi connectivity index (χ1) is 14.4. The Morgan fingerprint density at radius 1 is 1.13 bits per heavy atom. The van der Waals surface area contributed by atoms with Crippen LogP contribution < -0.4 is 10.9 Å². The lowest BCUT2D eigenvalue weighted by Crippen LogP contribution is -2.26. The van der Waals surface area contributed by atoms with E-state index < -0.39 is 0 Å². The molecule has 0 radical (unpaired) electrons. The summed E-state index contributed by atoms with van der Waals surface area (Å²) < 4.78 is 6.61. The van der Waals surface area contributed by atoms with Gasteiger partial charge in [0.15, 0.2) is 0 Å². The van der Waals surface area contributed by atoms with Crippen LogP contribution in [0.15, 0.2) is 29.2 Å². The summed E-state index contributed by atoms with van der Waals surface area (Å²) >= 11 is 0. The van der Waals surface area contributed by atoms with Crippen LogP contribution in [0.4, 0.5) is 5.69 Å². The maximum atomic E-state index is 13.0. The van der Waals surface area contributed by atoms with Crippen molar-refractivity contribution in [2.24, 2.45) is 5.92 Å². The van der Waals surface area contributed by atoms with Crippen LogP contribution in [-0.2, 0) is 14.3 Å². The minimum Gasteiger partial charge on any atom is -0.464 e. The molecule has 30 heavy (non-hydrogen) atoms. The summed E-state index contributed by atoms with van der Waals surface area (Å²) in [4.78, 5) is 36.9. The van der Waals surface area contributed by atoms with E-state index in [9.17, 15) is 14.4 Å². The first-order valence-electron chi connectivity index (χ1n) is 10.9. The Labute approximate surface area is 177 Å². The Hall–Kier alpha value is -2.63. The van der Waals surface area contributed by atoms with Crippen molar-refractivity contribution >= 4 is 28.3 Å². The Bertz CT molecular complexity index is 971. The molecule has 1 aliphatic carbocycles. The molecule has 1 aliphatic rings. The van der Waals surface area contributed by atoms with Crippen molar-refractivity contribution in [2.45, 2.75) is 71.8 Å². The molecular weight excluding hydrogens is 380 g/mol. The van der Waals surface area contributed by atoms with E-state index in [0.29, 0.717) is 23.4 Å². The molecule has 1 fully saturated rings. The van der Waals surface area contributed by atoms with Crippen LogP contribution >= 0.6 is 0 Å². The molecule has 1 unspecified atom stereocenters. The molecule has 0 aliphatic heterocycles. The lowest BCUT2D eigenvalue weighted by molar-refractivity contribution is -0.142. The van der Waals surface area contributed by atoms with Gasteiger partial charge in [-0.25, -0.2) is 0 Å². The van der Waals surface area contributed by atoms with Gasteiger partial charge in [0.1, 0.15) is 6.61 Å². The van der Waals surface area contributed by atoms with Crippen LogP contribution in [0.5, 0.6) is 0 Å². The van der Waals surface area contributed by atoms with Crippen LogP contribution in [0.25, 0.3) is 10.8 Å². The first-order valence-corrected chi connectivity index (χ1v) is 10.9. The highest BCUT2D eigenvalue weighted by atomic mass is 16.5. The Morgan fingerprint density at radius 2 is 1.83 bits per heavy atom. The van der Waals surface area contributed by atoms with E-state index in [-0.39, 0.29) is 30.1 Å². The highest BCUT2D eigenvalue weighted by molar-refractivity contribution is 6.03. The molecule has 1 saturated carbocycles. The molecule has 6 nitrogen and oxygen atoms in total. The number of hydrogen-bond acceptors (Lipinski definition) is 4. The summed E-state index contributed by atoms with van der Waals surface area (Å²) in [5.41, 5.74) is 1.48. The molecule has 0 spiro atoms. The number of hydrogen-bond donors (Lipinski definition) is 1. The lowest BCUT2D eigenvalue weighted by Gasteiger charge is -2.18. The first kappa shape index (κ1) is 22.1. The van der Waals surface area contributed by atoms with Gasteiger partial charge in [0.25, 0.3) is 5.56 Å². The smallest absolute Gasteiger partial charge is 0.302 e. The fourth-order valence-corrected chi connectivity index (χ4v) is 4.30. The number of pyridine rings is 1. The highest BCUT2D eigenvalue weighted by Crippen LogP contribution is 2.29. The molecule has 162 valence electrons. The van der Waals surface area contributed by atoms with Gasteiger partial charge in [0, 0.05) is 30.3 Å². The van der Waals surface area contributed by atoms with E-state index in [0.717, 1.165) is 23.8 Å². The van der Waals surface area contributed by atoms with Crippen molar-refractivity contribution in [3.8, 4) is 0 Å². The van der Waals surface area contributed by atoms with Crippen molar-refractivity contribution in [1.82, 2.24) is 4.57 Å². The van der Waals surface area contributed by atoms with E-state index in [1.807, 2.05) is 26.0 Å². The zero-order valence-electron chi connectivity index (χ0n) is 18.2. The fourth-order valence-electron chi connectivity index (χ4n) is 4.30. The SMILES string of the molecule is CC(=O)OCC(C)n1ccc2c(NC(=O)CC3CCCCCC3)c(C)ccc2c1=O. The molecule has 1 atom stereocenters. The number of nitrogens with zero attached hydrogens (tertiary/aromatic N) is 1. The minimum atomic E-state index is -0.370. The summed E-state index contributed by atoms with van der Waals surface area (Å²) in [6, 6.07) is 5.24. The summed E-state index contributed by atoms with van der Waals surface area (Å²) in [6.45, 7) is 5.26. The predicted molar refractivity (Wildman–Crippen MR) is 119 cm³/mol. The van der Waals surface area contributed by atoms with Crippen LogP contribution in [0.1, 0.15) is 70.4 Å². The van der Waals surface area contributed by atoms with E-state index in [1.54, 1.807) is 16.8 Å². The van der Waals surface area contributed by atoms with Gasteiger partial charge in [-0.15, -0.1) is 0 Å². The number of rotatable bonds is 6. The zero-order chi connectivity index (χ0) is 21.7. The molecule has 1 aromatic heterocycles. The van der Waals surface area contributed by atoms with Crippen molar-refractivity contribution in [3.05, 3.63) is 40.3 Å². The van der Waals surface area contributed by atoms with Gasteiger partial charge >= 0.3 is 5.97 Å². The number of fused-ring (bicyclic) bond motifs is 1. The number of aryl methyl sites for hydroxylation is 1. The van der Waals surface area contributed by atoms with Crippen molar-refractivity contribution in [1.29, 1.82) is 0 Å². The maximum absolute atomic E-state index is 13.0. The number of aromatic nitrogens is 1. The van der Waals surface area contributed by atoms with E-state index in [1.165, 1.54) is 32.6 Å². The minimum absolute atomic E-state index is 0.0184. The quantitative estimate of drug-likeness (QED) is 0.549. The molecule has 6 heteroatoms. The molecule has 0 saturated heterocycles. The molecule has 3 rings (SSSR count). The van der Waals surface area contributed by atoms with E-state index in [4.69, 9.17) is 4.74 Å². The van der Waals surface area contributed by atoms with Crippen molar-refractivity contribution in [3.63, 3.8) is 0 Å². The highest BCUT2D eigenvalue weighted by Gasteiger charge is 2.18. The third-order valence-electron chi connectivity index (χ3n) is 6.04. The predicted octanol–water partition coefficient (Wildman–Crippen LogP) is 4.73. The van der Waals surface area contributed by atoms with Gasteiger partial charge in [-0.1, -0.05) is 31.7 Å². The summed E-state index contributed by atoms with van der Waals surface area (Å²) in [6.07, 6.45) is 9.42. The standard InChI is InChI=1S/C24H32N2O4/c1-16-10-11-21-20(12-13-26(24(21)29)17(2)15-30-18(3)27)23(16)25-22(28)14-19-8-6-4-5-7-9-19/h10-13,17,19H,4-9,14-15H2,1-3H3,(H,25,28). The van der Waals surface area contributed by atoms with E-state index >= 15 is 0 Å². The Morgan fingerprint density at radius 3 is 2.50 bits per heavy atom. The number of carbonyl (C=O) groups excluding carboxylic acids is 2. The largest absolute Gasteiger partial charge is 0.464 e. The molecule has 0 bridgehead atoms. The van der Waals surface area contributed by atoms with Gasteiger partial charge in [0.05, 0.1) is 11.7 Å².